The number of benzene rings is 1. The van der Waals surface area contributed by atoms with Crippen LogP contribution in [0.1, 0.15) is 32.8 Å². The number of hydrogen-bond donors (Lipinski definition) is 1. The van der Waals surface area contributed by atoms with Crippen molar-refractivity contribution in [1.29, 1.82) is 0 Å². The summed E-state index contributed by atoms with van der Waals surface area (Å²) in [7, 11) is 0. The van der Waals surface area contributed by atoms with Gasteiger partial charge in [-0.15, -0.1) is 0 Å². The van der Waals surface area contributed by atoms with Crippen LogP contribution in [0, 0.1) is 0 Å². The van der Waals surface area contributed by atoms with E-state index in [1.807, 2.05) is 39.0 Å². The first-order valence-electron chi connectivity index (χ1n) is 8.46. The molecule has 1 aromatic rings. The Morgan fingerprint density at radius 1 is 1.33 bits per heavy atom. The van der Waals surface area contributed by atoms with Crippen LogP contribution in [-0.2, 0) is 11.2 Å². The Morgan fingerprint density at radius 2 is 2.08 bits per heavy atom. The third-order valence-electron chi connectivity index (χ3n) is 4.51. The van der Waals surface area contributed by atoms with Crippen molar-refractivity contribution in [3.8, 4) is 0 Å². The lowest BCUT2D eigenvalue weighted by Crippen LogP contribution is -2.46. The van der Waals surface area contributed by atoms with Gasteiger partial charge in [-0.3, -0.25) is 0 Å². The summed E-state index contributed by atoms with van der Waals surface area (Å²) in [5, 5.41) is 11.3. The number of halogens is 1. The van der Waals surface area contributed by atoms with Gasteiger partial charge in [-0.2, -0.15) is 0 Å². The molecule has 1 aromatic carbocycles. The van der Waals surface area contributed by atoms with Gasteiger partial charge in [0.1, 0.15) is 5.60 Å². The van der Waals surface area contributed by atoms with Crippen molar-refractivity contribution in [3.63, 3.8) is 0 Å². The molecule has 2 aliphatic heterocycles. The summed E-state index contributed by atoms with van der Waals surface area (Å²) in [4.78, 5) is 16.1. The van der Waals surface area contributed by atoms with Crippen molar-refractivity contribution in [2.45, 2.75) is 51.4 Å². The highest BCUT2D eigenvalue weighted by molar-refractivity contribution is 6.30. The molecule has 1 N–H and O–H groups in total. The second kappa shape index (κ2) is 6.45. The van der Waals surface area contributed by atoms with E-state index in [9.17, 15) is 9.90 Å². The number of aryl methyl sites for hydroxylation is 1. The fourth-order valence-electron chi connectivity index (χ4n) is 3.49. The molecule has 2 aliphatic rings. The van der Waals surface area contributed by atoms with Crippen LogP contribution in [-0.4, -0.2) is 53.5 Å². The minimum Gasteiger partial charge on any atom is -0.444 e. The van der Waals surface area contributed by atoms with Gasteiger partial charge in [0.15, 0.2) is 0 Å². The van der Waals surface area contributed by atoms with E-state index >= 15 is 0 Å². The van der Waals surface area contributed by atoms with E-state index in [2.05, 4.69) is 4.90 Å². The van der Waals surface area contributed by atoms with Gasteiger partial charge >= 0.3 is 6.09 Å². The fraction of sp³-hybridized carbons (Fsp3) is 0.611. The molecule has 2 heterocycles. The molecule has 1 fully saturated rings. The fourth-order valence-corrected chi connectivity index (χ4v) is 3.69. The average Bonchev–Trinajstić information content (AvgIpc) is 2.86. The van der Waals surface area contributed by atoms with Crippen molar-refractivity contribution in [3.05, 3.63) is 28.8 Å². The molecule has 24 heavy (non-hydrogen) atoms. The second-order valence-corrected chi connectivity index (χ2v) is 8.03. The van der Waals surface area contributed by atoms with Crippen molar-refractivity contribution in [2.75, 3.05) is 24.5 Å². The lowest BCUT2D eigenvalue weighted by atomic mass is 9.99. The van der Waals surface area contributed by atoms with E-state index in [1.54, 1.807) is 4.90 Å². The van der Waals surface area contributed by atoms with Crippen LogP contribution in [0.25, 0.3) is 0 Å². The quantitative estimate of drug-likeness (QED) is 0.844. The van der Waals surface area contributed by atoms with Crippen LogP contribution in [0.5, 0.6) is 0 Å². The summed E-state index contributed by atoms with van der Waals surface area (Å²) in [6.45, 7) is 7.19. The molecule has 6 heteroatoms. The summed E-state index contributed by atoms with van der Waals surface area (Å²) >= 11 is 6.10. The van der Waals surface area contributed by atoms with Crippen LogP contribution >= 0.6 is 11.6 Å². The second-order valence-electron chi connectivity index (χ2n) is 7.59. The summed E-state index contributed by atoms with van der Waals surface area (Å²) in [5.41, 5.74) is 1.78. The van der Waals surface area contributed by atoms with Crippen molar-refractivity contribution in [1.82, 2.24) is 4.90 Å². The van der Waals surface area contributed by atoms with Gasteiger partial charge < -0.3 is 19.6 Å². The minimum atomic E-state index is -0.584. The van der Waals surface area contributed by atoms with E-state index in [0.717, 1.165) is 30.1 Å². The van der Waals surface area contributed by atoms with Crippen molar-refractivity contribution >= 4 is 23.4 Å². The molecule has 0 bridgehead atoms. The molecule has 3 rings (SSSR count). The van der Waals surface area contributed by atoms with Gasteiger partial charge in [0.05, 0.1) is 18.7 Å². The lowest BCUT2D eigenvalue weighted by molar-refractivity contribution is 0.0270. The third-order valence-corrected chi connectivity index (χ3v) is 4.74. The van der Waals surface area contributed by atoms with E-state index in [4.69, 9.17) is 16.3 Å². The Bertz CT molecular complexity index is 629. The SMILES string of the molecule is CC(C)(C)OC(=O)N1C[C@@H](O)[C@H](N2CCCc3cc(Cl)ccc32)C1. The molecule has 0 saturated carbocycles. The van der Waals surface area contributed by atoms with Gasteiger partial charge in [0.25, 0.3) is 0 Å². The van der Waals surface area contributed by atoms with E-state index in [1.165, 1.54) is 5.56 Å². The number of nitrogens with zero attached hydrogens (tertiary/aromatic N) is 2. The summed E-state index contributed by atoms with van der Waals surface area (Å²) in [5.74, 6) is 0. The van der Waals surface area contributed by atoms with Crippen LogP contribution < -0.4 is 4.90 Å². The number of aliphatic hydroxyl groups excluding tert-OH is 1. The number of likely N-dealkylation sites (tertiary alicyclic amines) is 1. The maximum atomic E-state index is 12.3. The Kier molecular flexibility index (Phi) is 4.67. The smallest absolute Gasteiger partial charge is 0.410 e. The number of fused-ring (bicyclic) bond motifs is 1. The lowest BCUT2D eigenvalue weighted by Gasteiger charge is -2.37. The number of carbonyl (C=O) groups is 1. The van der Waals surface area contributed by atoms with Crippen LogP contribution in [0.15, 0.2) is 18.2 Å². The van der Waals surface area contributed by atoms with Gasteiger partial charge in [-0.05, 0) is 57.4 Å². The van der Waals surface area contributed by atoms with Gasteiger partial charge in [0, 0.05) is 23.8 Å². The van der Waals surface area contributed by atoms with E-state index < -0.39 is 11.7 Å². The minimum absolute atomic E-state index is 0.113. The van der Waals surface area contributed by atoms with Crippen molar-refractivity contribution in [2.24, 2.45) is 0 Å². The highest BCUT2D eigenvalue weighted by Crippen LogP contribution is 2.33. The Hall–Kier alpha value is -1.46. The number of ether oxygens (including phenoxy) is 1. The molecule has 0 spiro atoms. The number of carbonyl (C=O) groups excluding carboxylic acids is 1. The predicted molar refractivity (Wildman–Crippen MR) is 94.7 cm³/mol. The topological polar surface area (TPSA) is 53.0 Å². The van der Waals surface area contributed by atoms with Crippen LogP contribution in [0.2, 0.25) is 5.02 Å². The molecular weight excluding hydrogens is 328 g/mol. The molecule has 0 unspecified atom stereocenters. The van der Waals surface area contributed by atoms with Crippen molar-refractivity contribution < 1.29 is 14.6 Å². The maximum absolute atomic E-state index is 12.3. The zero-order valence-corrected chi connectivity index (χ0v) is 15.2. The zero-order chi connectivity index (χ0) is 17.5. The number of β-amino-alcohol motifs (C(OH)–C–C–N with tert-alkyl or cyclic N) is 1. The molecule has 1 amide bonds. The first-order chi connectivity index (χ1) is 11.2. The van der Waals surface area contributed by atoms with Gasteiger partial charge in [-0.25, -0.2) is 4.79 Å². The number of rotatable bonds is 1. The van der Waals surface area contributed by atoms with Crippen LogP contribution in [0.3, 0.4) is 0 Å². The van der Waals surface area contributed by atoms with Gasteiger partial charge in [0.2, 0.25) is 0 Å². The highest BCUT2D eigenvalue weighted by Gasteiger charge is 2.40. The maximum Gasteiger partial charge on any atom is 0.410 e. The van der Waals surface area contributed by atoms with E-state index in [0.29, 0.717) is 13.1 Å². The first-order valence-corrected chi connectivity index (χ1v) is 8.83. The highest BCUT2D eigenvalue weighted by atomic mass is 35.5. The monoisotopic (exact) mass is 352 g/mol. The predicted octanol–water partition coefficient (Wildman–Crippen LogP) is 3.07. The molecule has 1 saturated heterocycles. The largest absolute Gasteiger partial charge is 0.444 e. The van der Waals surface area contributed by atoms with E-state index in [-0.39, 0.29) is 12.1 Å². The Morgan fingerprint density at radius 3 is 2.79 bits per heavy atom. The molecule has 0 radical (unpaired) electrons. The standard InChI is InChI=1S/C18H25ClN2O3/c1-18(2,3)24-17(23)20-10-15(16(22)11-20)21-8-4-5-12-9-13(19)6-7-14(12)21/h6-7,9,15-16,22H,4-5,8,10-11H2,1-3H3/t15-,16-/m1/s1. The Balaban J connectivity index is 1.76. The Labute approximate surface area is 148 Å². The molecule has 2 atom stereocenters. The number of hydrogen-bond acceptors (Lipinski definition) is 4. The molecular formula is C18H25ClN2O3. The molecule has 0 aromatic heterocycles. The zero-order valence-electron chi connectivity index (χ0n) is 14.5. The number of aliphatic hydroxyl groups is 1. The number of amides is 1. The summed E-state index contributed by atoms with van der Waals surface area (Å²) in [6.07, 6.45) is 1.06. The molecule has 132 valence electrons. The number of anilines is 1. The average molecular weight is 353 g/mol. The summed E-state index contributed by atoms with van der Waals surface area (Å²) in [6, 6.07) is 5.78. The first kappa shape index (κ1) is 17.4. The molecule has 0 aliphatic carbocycles. The normalized spacial score (nSPS) is 24.0. The van der Waals surface area contributed by atoms with Gasteiger partial charge in [-0.1, -0.05) is 11.6 Å². The third kappa shape index (κ3) is 3.62. The summed E-state index contributed by atoms with van der Waals surface area (Å²) < 4.78 is 5.43. The van der Waals surface area contributed by atoms with Crippen LogP contribution in [0.4, 0.5) is 10.5 Å². The molecule has 5 nitrogen and oxygen atoms in total.